The molecular formula is C25H27F5N6O3. The predicted molar refractivity (Wildman–Crippen MR) is 126 cm³/mol. The molecule has 9 nitrogen and oxygen atoms in total. The second kappa shape index (κ2) is 10.2. The Kier molecular flexibility index (Phi) is 7.06. The Labute approximate surface area is 219 Å². The molecule has 0 aromatic carbocycles. The van der Waals surface area contributed by atoms with E-state index in [-0.39, 0.29) is 48.8 Å². The zero-order valence-corrected chi connectivity index (χ0v) is 20.8. The minimum absolute atomic E-state index is 0.0402. The van der Waals surface area contributed by atoms with Gasteiger partial charge in [0.25, 0.3) is 5.91 Å². The fourth-order valence-electron chi connectivity index (χ4n) is 5.29. The molecule has 3 heterocycles. The number of hydrogen-bond donors (Lipinski definition) is 2. The predicted octanol–water partition coefficient (Wildman–Crippen LogP) is 4.68. The van der Waals surface area contributed by atoms with Gasteiger partial charge >= 0.3 is 6.18 Å². The second-order valence-electron chi connectivity index (χ2n) is 10.4. The first kappa shape index (κ1) is 27.0. The summed E-state index contributed by atoms with van der Waals surface area (Å²) in [6.45, 7) is 0. The smallest absolute Gasteiger partial charge is 0.365 e. The van der Waals surface area contributed by atoms with Gasteiger partial charge in [-0.1, -0.05) is 5.16 Å². The van der Waals surface area contributed by atoms with E-state index in [9.17, 15) is 31.5 Å². The number of carbonyl (C=O) groups is 2. The fraction of sp³-hybridized carbons (Fsp3) is 0.560. The topological polar surface area (TPSA) is 128 Å². The van der Waals surface area contributed by atoms with Crippen LogP contribution >= 0.6 is 0 Å². The number of alkyl halides is 5. The van der Waals surface area contributed by atoms with Crippen molar-refractivity contribution in [2.45, 2.75) is 75.4 Å². The highest BCUT2D eigenvalue weighted by atomic mass is 19.4. The van der Waals surface area contributed by atoms with Gasteiger partial charge in [-0.05, 0) is 49.1 Å². The molecule has 2 aliphatic carbocycles. The minimum atomic E-state index is -4.43. The molecule has 2 amide bonds. The number of imidazole rings is 1. The van der Waals surface area contributed by atoms with Crippen LogP contribution in [0.3, 0.4) is 0 Å². The maximum Gasteiger partial charge on any atom is 0.389 e. The van der Waals surface area contributed by atoms with Crippen molar-refractivity contribution in [3.8, 4) is 0 Å². The third kappa shape index (κ3) is 6.19. The Morgan fingerprint density at radius 3 is 2.54 bits per heavy atom. The Bertz CT molecular complexity index is 1360. The van der Waals surface area contributed by atoms with Crippen LogP contribution in [-0.2, 0) is 4.79 Å². The highest BCUT2D eigenvalue weighted by molar-refractivity contribution is 5.93. The molecule has 3 aromatic rings. The molecule has 2 fully saturated rings. The maximum atomic E-state index is 13.9. The molecule has 14 heteroatoms. The SMILES string of the molecule is NC(=O)c1conc1[C@@H](c1cn2ncc([C@@H](NC(=O)CCC(F)(F)F)C3CC3)cc2n1)C1CCC(F)(F)CC1. The van der Waals surface area contributed by atoms with Gasteiger partial charge in [-0.2, -0.15) is 18.3 Å². The molecule has 2 saturated carbocycles. The van der Waals surface area contributed by atoms with Crippen LogP contribution in [0.4, 0.5) is 22.0 Å². The molecule has 0 radical (unpaired) electrons. The number of hydrogen-bond acceptors (Lipinski definition) is 6. The van der Waals surface area contributed by atoms with Gasteiger partial charge in [-0.15, -0.1) is 0 Å². The van der Waals surface area contributed by atoms with Crippen LogP contribution in [0.15, 0.2) is 29.2 Å². The van der Waals surface area contributed by atoms with Gasteiger partial charge in [0.1, 0.15) is 17.5 Å². The molecular weight excluding hydrogens is 527 g/mol. The summed E-state index contributed by atoms with van der Waals surface area (Å²) in [7, 11) is 0. The first-order chi connectivity index (χ1) is 18.4. The Morgan fingerprint density at radius 2 is 1.90 bits per heavy atom. The number of nitrogens with two attached hydrogens (primary N) is 1. The van der Waals surface area contributed by atoms with Crippen LogP contribution in [0.5, 0.6) is 0 Å². The highest BCUT2D eigenvalue weighted by Gasteiger charge is 2.41. The zero-order chi connectivity index (χ0) is 27.9. The molecule has 5 rings (SSSR count). The number of nitrogens with one attached hydrogen (secondary N) is 1. The van der Waals surface area contributed by atoms with E-state index in [4.69, 9.17) is 10.3 Å². The largest absolute Gasteiger partial charge is 0.389 e. The van der Waals surface area contributed by atoms with Crippen LogP contribution in [0, 0.1) is 11.8 Å². The molecule has 3 N–H and O–H groups in total. The van der Waals surface area contributed by atoms with E-state index in [1.165, 1.54) is 10.7 Å². The summed E-state index contributed by atoms with van der Waals surface area (Å²) in [6.07, 6.45) is -0.716. The number of carbonyl (C=O) groups excluding carboxylic acids is 2. The molecule has 210 valence electrons. The summed E-state index contributed by atoms with van der Waals surface area (Å²) in [5.74, 6) is -5.14. The molecule has 0 saturated heterocycles. The Balaban J connectivity index is 1.44. The Morgan fingerprint density at radius 1 is 1.18 bits per heavy atom. The van der Waals surface area contributed by atoms with E-state index in [0.717, 1.165) is 19.1 Å². The van der Waals surface area contributed by atoms with Gasteiger partial charge in [0.2, 0.25) is 11.8 Å². The number of halogens is 5. The molecule has 39 heavy (non-hydrogen) atoms. The summed E-state index contributed by atoms with van der Waals surface area (Å²) in [5.41, 5.74) is 7.17. The average molecular weight is 555 g/mol. The van der Waals surface area contributed by atoms with Crippen LogP contribution in [-0.4, -0.2) is 43.7 Å². The maximum absolute atomic E-state index is 13.9. The number of primary amides is 1. The third-order valence-corrected chi connectivity index (χ3v) is 7.47. The van der Waals surface area contributed by atoms with Crippen molar-refractivity contribution in [2.75, 3.05) is 0 Å². The summed E-state index contributed by atoms with van der Waals surface area (Å²) < 4.78 is 72.0. The second-order valence-corrected chi connectivity index (χ2v) is 10.4. The van der Waals surface area contributed by atoms with Crippen molar-refractivity contribution < 1.29 is 36.1 Å². The molecule has 3 aromatic heterocycles. The minimum Gasteiger partial charge on any atom is -0.365 e. The van der Waals surface area contributed by atoms with Gasteiger partial charge in [-0.3, -0.25) is 9.59 Å². The molecule has 2 aliphatic rings. The van der Waals surface area contributed by atoms with Crippen LogP contribution in [0.1, 0.15) is 90.6 Å². The van der Waals surface area contributed by atoms with Crippen molar-refractivity contribution in [1.82, 2.24) is 25.1 Å². The average Bonchev–Trinajstić information content (AvgIpc) is 3.43. The molecule has 0 spiro atoms. The van der Waals surface area contributed by atoms with E-state index in [0.29, 0.717) is 16.9 Å². The molecule has 2 atom stereocenters. The van der Waals surface area contributed by atoms with Gasteiger partial charge in [-0.25, -0.2) is 18.3 Å². The first-order valence-corrected chi connectivity index (χ1v) is 12.7. The lowest BCUT2D eigenvalue weighted by Crippen LogP contribution is -2.30. The van der Waals surface area contributed by atoms with E-state index in [1.807, 2.05) is 0 Å². The first-order valence-electron chi connectivity index (χ1n) is 12.7. The van der Waals surface area contributed by atoms with Crippen molar-refractivity contribution in [3.63, 3.8) is 0 Å². The van der Waals surface area contributed by atoms with Crippen LogP contribution in [0.2, 0.25) is 0 Å². The van der Waals surface area contributed by atoms with Crippen molar-refractivity contribution in [3.05, 3.63) is 47.2 Å². The monoisotopic (exact) mass is 554 g/mol. The van der Waals surface area contributed by atoms with Gasteiger partial charge in [0, 0.05) is 19.3 Å². The van der Waals surface area contributed by atoms with Gasteiger partial charge in [0.05, 0.1) is 36.5 Å². The zero-order valence-electron chi connectivity index (χ0n) is 20.8. The fourth-order valence-corrected chi connectivity index (χ4v) is 5.29. The van der Waals surface area contributed by atoms with Crippen molar-refractivity contribution >= 4 is 17.5 Å². The van der Waals surface area contributed by atoms with Crippen molar-refractivity contribution in [1.29, 1.82) is 0 Å². The summed E-state index contributed by atoms with van der Waals surface area (Å²) >= 11 is 0. The standard InChI is InChI=1S/C25H27F5N6O3/c26-24(27)6-3-13(4-7-24)20(22-16(23(31)38)12-39-35-22)17-11-36-18(33-17)9-15(10-32-36)21(14-1-2-14)34-19(37)5-8-25(28,29)30/h9-14,20-21H,1-8H2,(H2,31,38)(H,34,37)/t20-,21+/m1/s1. The number of aromatic nitrogens is 4. The number of rotatable bonds is 9. The van der Waals surface area contributed by atoms with Gasteiger partial charge in [0.15, 0.2) is 5.65 Å². The number of amides is 2. The third-order valence-electron chi connectivity index (χ3n) is 7.47. The molecule has 0 aliphatic heterocycles. The van der Waals surface area contributed by atoms with Crippen LogP contribution in [0.25, 0.3) is 5.65 Å². The van der Waals surface area contributed by atoms with E-state index in [1.54, 1.807) is 12.3 Å². The van der Waals surface area contributed by atoms with E-state index >= 15 is 0 Å². The van der Waals surface area contributed by atoms with E-state index < -0.39 is 48.7 Å². The normalized spacial score (nSPS) is 19.6. The number of fused-ring (bicyclic) bond motifs is 1. The lowest BCUT2D eigenvalue weighted by Gasteiger charge is -2.32. The molecule has 0 bridgehead atoms. The summed E-state index contributed by atoms with van der Waals surface area (Å²) in [6, 6.07) is 1.17. The molecule has 0 unspecified atom stereocenters. The van der Waals surface area contributed by atoms with Crippen LogP contribution < -0.4 is 11.1 Å². The van der Waals surface area contributed by atoms with Crippen molar-refractivity contribution in [2.24, 2.45) is 17.6 Å². The Hall–Kier alpha value is -3.58. The summed E-state index contributed by atoms with van der Waals surface area (Å²) in [4.78, 5) is 28.9. The quantitative estimate of drug-likeness (QED) is 0.370. The lowest BCUT2D eigenvalue weighted by atomic mass is 9.75. The highest BCUT2D eigenvalue weighted by Crippen LogP contribution is 2.45. The summed E-state index contributed by atoms with van der Waals surface area (Å²) in [5, 5.41) is 11.1. The van der Waals surface area contributed by atoms with E-state index in [2.05, 4.69) is 20.6 Å². The van der Waals surface area contributed by atoms with Gasteiger partial charge < -0.3 is 15.6 Å². The lowest BCUT2D eigenvalue weighted by molar-refractivity contribution is -0.144. The number of nitrogens with zero attached hydrogens (tertiary/aromatic N) is 4.